The van der Waals surface area contributed by atoms with Crippen LogP contribution >= 0.6 is 11.3 Å². The van der Waals surface area contributed by atoms with Crippen LogP contribution < -0.4 is 0 Å². The molecule has 2 aromatic carbocycles. The zero-order valence-corrected chi connectivity index (χ0v) is 15.8. The molecule has 3 rings (SSSR count). The van der Waals surface area contributed by atoms with E-state index in [0.717, 1.165) is 16.9 Å². The number of carbonyl (C=O) groups excluding carboxylic acids is 2. The van der Waals surface area contributed by atoms with Gasteiger partial charge in [-0.25, -0.2) is 9.59 Å². The van der Waals surface area contributed by atoms with Crippen LogP contribution in [-0.4, -0.2) is 31.1 Å². The first kappa shape index (κ1) is 19.2. The van der Waals surface area contributed by atoms with Gasteiger partial charge in [-0.2, -0.15) is 0 Å². The summed E-state index contributed by atoms with van der Waals surface area (Å²) in [5.41, 5.74) is 1.82. The molecule has 142 valence electrons. The van der Waals surface area contributed by atoms with Crippen LogP contribution in [0.1, 0.15) is 20.0 Å². The van der Waals surface area contributed by atoms with E-state index in [1.807, 2.05) is 30.3 Å². The number of hydrogen-bond donors (Lipinski definition) is 0. The van der Waals surface area contributed by atoms with E-state index < -0.39 is 16.9 Å². The molecule has 0 bridgehead atoms. The molecule has 1 aromatic heterocycles. The van der Waals surface area contributed by atoms with Gasteiger partial charge in [-0.3, -0.25) is 10.1 Å². The number of benzene rings is 2. The maximum Gasteiger partial charge on any atom is 0.348 e. The lowest BCUT2D eigenvalue weighted by atomic mass is 9.97. The smallest absolute Gasteiger partial charge is 0.348 e. The second-order valence-electron chi connectivity index (χ2n) is 5.66. The van der Waals surface area contributed by atoms with Crippen molar-refractivity contribution < 1.29 is 24.0 Å². The number of nitro groups is 1. The second kappa shape index (κ2) is 8.01. The molecule has 0 saturated carbocycles. The quantitative estimate of drug-likeness (QED) is 0.356. The third-order valence-corrected chi connectivity index (χ3v) is 5.29. The third kappa shape index (κ3) is 3.49. The minimum atomic E-state index is -0.688. The molecule has 8 heteroatoms. The number of thiophene rings is 1. The summed E-state index contributed by atoms with van der Waals surface area (Å²) in [6, 6.07) is 15.0. The number of nitro benzene ring substituents is 1. The van der Waals surface area contributed by atoms with Gasteiger partial charge in [0.05, 0.1) is 24.7 Å². The second-order valence-corrected chi connectivity index (χ2v) is 6.68. The molecule has 0 aliphatic rings. The Kier molecular flexibility index (Phi) is 5.51. The Morgan fingerprint density at radius 2 is 1.50 bits per heavy atom. The normalized spacial score (nSPS) is 10.4. The van der Waals surface area contributed by atoms with E-state index in [-0.39, 0.29) is 16.1 Å². The van der Waals surface area contributed by atoms with Crippen LogP contribution in [0.5, 0.6) is 0 Å². The lowest BCUT2D eigenvalue weighted by Gasteiger charge is -2.08. The SMILES string of the molecule is COC(=O)c1sc(-c2ccccc2)c(-c2ccc([N+](=O)[O-])cc2)c1C(=O)OC. The summed E-state index contributed by atoms with van der Waals surface area (Å²) < 4.78 is 9.73. The average molecular weight is 397 g/mol. The van der Waals surface area contributed by atoms with Crippen molar-refractivity contribution in [2.24, 2.45) is 0 Å². The van der Waals surface area contributed by atoms with E-state index in [0.29, 0.717) is 16.0 Å². The first-order valence-corrected chi connectivity index (χ1v) is 8.93. The van der Waals surface area contributed by atoms with E-state index in [4.69, 9.17) is 9.47 Å². The number of rotatable bonds is 5. The Morgan fingerprint density at radius 1 is 0.893 bits per heavy atom. The molecule has 0 amide bonds. The van der Waals surface area contributed by atoms with Crippen LogP contribution in [0.15, 0.2) is 54.6 Å². The van der Waals surface area contributed by atoms with E-state index in [1.165, 1.54) is 26.4 Å². The van der Waals surface area contributed by atoms with Gasteiger partial charge in [-0.1, -0.05) is 30.3 Å². The molecule has 0 unspecified atom stereocenters. The summed E-state index contributed by atoms with van der Waals surface area (Å²) >= 11 is 1.11. The standard InChI is InChI=1S/C20H15NO6S/c1-26-19(22)16-15(12-8-10-14(11-9-12)21(24)25)17(13-6-4-3-5-7-13)28-18(16)20(23)27-2/h3-11H,1-2H3. The van der Waals surface area contributed by atoms with Crippen molar-refractivity contribution in [1.29, 1.82) is 0 Å². The summed E-state index contributed by atoms with van der Waals surface area (Å²) in [6.07, 6.45) is 0. The highest BCUT2D eigenvalue weighted by atomic mass is 32.1. The average Bonchev–Trinajstić information content (AvgIpc) is 3.14. The number of non-ortho nitro benzene ring substituents is 1. The maximum atomic E-state index is 12.5. The molecule has 0 atom stereocenters. The van der Waals surface area contributed by atoms with Gasteiger partial charge in [0.25, 0.3) is 5.69 Å². The molecular weight excluding hydrogens is 382 g/mol. The molecular formula is C20H15NO6S. The summed E-state index contributed by atoms with van der Waals surface area (Å²) in [7, 11) is 2.46. The molecule has 3 aromatic rings. The summed E-state index contributed by atoms with van der Waals surface area (Å²) in [5, 5.41) is 11.0. The van der Waals surface area contributed by atoms with Crippen LogP contribution in [0, 0.1) is 10.1 Å². The van der Waals surface area contributed by atoms with Crippen LogP contribution in [0.2, 0.25) is 0 Å². The fourth-order valence-corrected chi connectivity index (χ4v) is 4.02. The maximum absolute atomic E-state index is 12.5. The Hall–Kier alpha value is -3.52. The van der Waals surface area contributed by atoms with Gasteiger partial charge in [-0.05, 0) is 23.3 Å². The molecule has 0 aliphatic heterocycles. The first-order valence-electron chi connectivity index (χ1n) is 8.11. The van der Waals surface area contributed by atoms with Crippen LogP contribution in [0.3, 0.4) is 0 Å². The first-order chi connectivity index (χ1) is 13.5. The predicted octanol–water partition coefficient (Wildman–Crippen LogP) is 4.56. The molecule has 0 fully saturated rings. The van der Waals surface area contributed by atoms with Gasteiger partial charge >= 0.3 is 11.9 Å². The zero-order valence-electron chi connectivity index (χ0n) is 15.0. The number of ether oxygens (including phenoxy) is 2. The van der Waals surface area contributed by atoms with Crippen LogP contribution in [0.4, 0.5) is 5.69 Å². The highest BCUT2D eigenvalue weighted by Gasteiger charge is 2.30. The minimum absolute atomic E-state index is 0.0759. The topological polar surface area (TPSA) is 95.7 Å². The predicted molar refractivity (Wildman–Crippen MR) is 105 cm³/mol. The number of methoxy groups -OCH3 is 2. The van der Waals surface area contributed by atoms with Crippen LogP contribution in [-0.2, 0) is 9.47 Å². The summed E-state index contributed by atoms with van der Waals surface area (Å²) in [5.74, 6) is -1.34. The van der Waals surface area contributed by atoms with Crippen molar-refractivity contribution in [2.75, 3.05) is 14.2 Å². The monoisotopic (exact) mass is 397 g/mol. The zero-order chi connectivity index (χ0) is 20.3. The van der Waals surface area contributed by atoms with Crippen molar-refractivity contribution in [2.45, 2.75) is 0 Å². The number of carbonyl (C=O) groups is 2. The van der Waals surface area contributed by atoms with Crippen molar-refractivity contribution in [3.8, 4) is 21.6 Å². The van der Waals surface area contributed by atoms with Gasteiger partial charge in [0.1, 0.15) is 4.88 Å². The largest absolute Gasteiger partial charge is 0.465 e. The summed E-state index contributed by atoms with van der Waals surface area (Å²) in [4.78, 5) is 36.1. The van der Waals surface area contributed by atoms with Crippen molar-refractivity contribution in [3.63, 3.8) is 0 Å². The Bertz CT molecular complexity index is 1040. The Morgan fingerprint density at radius 3 is 2.04 bits per heavy atom. The van der Waals surface area contributed by atoms with Gasteiger partial charge in [0.2, 0.25) is 0 Å². The van der Waals surface area contributed by atoms with E-state index in [2.05, 4.69) is 0 Å². The van der Waals surface area contributed by atoms with Gasteiger partial charge in [-0.15, -0.1) is 11.3 Å². The molecule has 0 aliphatic carbocycles. The fourth-order valence-electron chi connectivity index (χ4n) is 2.78. The third-order valence-electron chi connectivity index (χ3n) is 4.07. The van der Waals surface area contributed by atoms with Crippen LogP contribution in [0.25, 0.3) is 21.6 Å². The molecule has 0 saturated heterocycles. The van der Waals surface area contributed by atoms with Crippen molar-refractivity contribution in [1.82, 2.24) is 0 Å². The molecule has 0 spiro atoms. The number of nitrogens with zero attached hydrogens (tertiary/aromatic N) is 1. The van der Waals surface area contributed by atoms with E-state index in [1.54, 1.807) is 12.1 Å². The summed E-state index contributed by atoms with van der Waals surface area (Å²) in [6.45, 7) is 0. The van der Waals surface area contributed by atoms with Gasteiger partial charge < -0.3 is 9.47 Å². The highest BCUT2D eigenvalue weighted by Crippen LogP contribution is 2.44. The molecule has 1 heterocycles. The van der Waals surface area contributed by atoms with Gasteiger partial charge in [0, 0.05) is 22.6 Å². The van der Waals surface area contributed by atoms with E-state index >= 15 is 0 Å². The Labute approximate surface area is 164 Å². The van der Waals surface area contributed by atoms with Crippen molar-refractivity contribution >= 4 is 29.0 Å². The Balaban J connectivity index is 2.33. The molecule has 7 nitrogen and oxygen atoms in total. The van der Waals surface area contributed by atoms with Crippen molar-refractivity contribution in [3.05, 3.63) is 75.2 Å². The number of hydrogen-bond acceptors (Lipinski definition) is 7. The van der Waals surface area contributed by atoms with Gasteiger partial charge in [0.15, 0.2) is 0 Å². The minimum Gasteiger partial charge on any atom is -0.465 e. The lowest BCUT2D eigenvalue weighted by molar-refractivity contribution is -0.384. The molecule has 28 heavy (non-hydrogen) atoms. The number of esters is 2. The fraction of sp³-hybridized carbons (Fsp3) is 0.100. The molecule has 0 N–H and O–H groups in total. The molecule has 0 radical (unpaired) electrons. The highest BCUT2D eigenvalue weighted by molar-refractivity contribution is 7.18. The lowest BCUT2D eigenvalue weighted by Crippen LogP contribution is -2.09. The van der Waals surface area contributed by atoms with E-state index in [9.17, 15) is 19.7 Å².